The molecule has 1 fully saturated rings. The second-order valence-corrected chi connectivity index (χ2v) is 6.14. The maximum absolute atomic E-state index is 12.6. The van der Waals surface area contributed by atoms with Gasteiger partial charge < -0.3 is 10.6 Å². The molecule has 2 rings (SSSR count). The molecule has 0 spiro atoms. The van der Waals surface area contributed by atoms with Crippen LogP contribution in [0.2, 0.25) is 5.02 Å². The van der Waals surface area contributed by atoms with Crippen LogP contribution in [0.25, 0.3) is 0 Å². The van der Waals surface area contributed by atoms with Gasteiger partial charge in [-0.2, -0.15) is 0 Å². The quantitative estimate of drug-likeness (QED) is 0.514. The fourth-order valence-corrected chi connectivity index (χ4v) is 2.44. The van der Waals surface area contributed by atoms with Crippen LogP contribution in [0.1, 0.15) is 37.0 Å². The Kier molecular flexibility index (Phi) is 4.37. The number of amides is 1. The SMILES string of the molecule is CC(C)CN(C(=O)c1cc(Cl)c(N)c([N+](=O)[O-])c1)C1CC1. The highest BCUT2D eigenvalue weighted by atomic mass is 35.5. The fraction of sp³-hybridized carbons (Fsp3) is 0.500. The van der Waals surface area contributed by atoms with E-state index in [2.05, 4.69) is 0 Å². The summed E-state index contributed by atoms with van der Waals surface area (Å²) < 4.78 is 0. The van der Waals surface area contributed by atoms with Gasteiger partial charge in [0.1, 0.15) is 5.69 Å². The predicted octanol–water partition coefficient (Wildman–Crippen LogP) is 3.09. The molecule has 0 atom stereocenters. The number of nitrogens with two attached hydrogens (primary N) is 1. The normalized spacial score (nSPS) is 14.3. The Morgan fingerprint density at radius 3 is 2.62 bits per heavy atom. The van der Waals surface area contributed by atoms with E-state index >= 15 is 0 Å². The van der Waals surface area contributed by atoms with Gasteiger partial charge in [0, 0.05) is 24.2 Å². The van der Waals surface area contributed by atoms with Crippen LogP contribution in [0, 0.1) is 16.0 Å². The minimum atomic E-state index is -0.623. The molecular weight excluding hydrogens is 294 g/mol. The number of nitro benzene ring substituents is 1. The first-order valence-corrected chi connectivity index (χ1v) is 7.23. The first kappa shape index (κ1) is 15.6. The summed E-state index contributed by atoms with van der Waals surface area (Å²) in [5, 5.41) is 11.0. The number of nitro groups is 1. The maximum atomic E-state index is 12.6. The van der Waals surface area contributed by atoms with Crippen LogP contribution in [-0.2, 0) is 0 Å². The van der Waals surface area contributed by atoms with Gasteiger partial charge in [-0.15, -0.1) is 0 Å². The minimum Gasteiger partial charge on any atom is -0.392 e. The van der Waals surface area contributed by atoms with E-state index in [9.17, 15) is 14.9 Å². The molecule has 2 N–H and O–H groups in total. The summed E-state index contributed by atoms with van der Waals surface area (Å²) in [4.78, 5) is 24.7. The topological polar surface area (TPSA) is 89.5 Å². The Morgan fingerprint density at radius 1 is 1.52 bits per heavy atom. The van der Waals surface area contributed by atoms with E-state index in [0.717, 1.165) is 12.8 Å². The number of anilines is 1. The number of nitrogens with zero attached hydrogens (tertiary/aromatic N) is 2. The average Bonchev–Trinajstić information content (AvgIpc) is 3.22. The number of carbonyl (C=O) groups excluding carboxylic acids is 1. The lowest BCUT2D eigenvalue weighted by atomic mass is 10.1. The molecule has 0 bridgehead atoms. The average molecular weight is 312 g/mol. The van der Waals surface area contributed by atoms with Crippen molar-refractivity contribution in [2.75, 3.05) is 12.3 Å². The van der Waals surface area contributed by atoms with Gasteiger partial charge in [-0.05, 0) is 24.8 Å². The van der Waals surface area contributed by atoms with E-state index in [1.165, 1.54) is 12.1 Å². The lowest BCUT2D eigenvalue weighted by molar-refractivity contribution is -0.383. The standard InChI is InChI=1S/C14H18ClN3O3/c1-8(2)7-17(10-3-4-10)14(19)9-5-11(15)13(16)12(6-9)18(20)21/h5-6,8,10H,3-4,7,16H2,1-2H3. The summed E-state index contributed by atoms with van der Waals surface area (Å²) in [5.41, 5.74) is 5.36. The molecule has 0 saturated heterocycles. The Morgan fingerprint density at radius 2 is 2.14 bits per heavy atom. The molecule has 1 aliphatic rings. The van der Waals surface area contributed by atoms with Crippen molar-refractivity contribution < 1.29 is 9.72 Å². The molecule has 114 valence electrons. The molecule has 7 heteroatoms. The maximum Gasteiger partial charge on any atom is 0.294 e. The molecule has 0 radical (unpaired) electrons. The first-order valence-electron chi connectivity index (χ1n) is 6.85. The van der Waals surface area contributed by atoms with Gasteiger partial charge >= 0.3 is 0 Å². The molecule has 6 nitrogen and oxygen atoms in total. The minimum absolute atomic E-state index is 0.0350. The molecular formula is C14H18ClN3O3. The molecule has 1 aromatic carbocycles. The fourth-order valence-electron chi connectivity index (χ4n) is 2.22. The second kappa shape index (κ2) is 5.89. The van der Waals surface area contributed by atoms with Gasteiger partial charge in [-0.3, -0.25) is 14.9 Å². The first-order chi connectivity index (χ1) is 9.81. The summed E-state index contributed by atoms with van der Waals surface area (Å²) in [6, 6.07) is 2.84. The summed E-state index contributed by atoms with van der Waals surface area (Å²) in [6.07, 6.45) is 1.95. The zero-order chi connectivity index (χ0) is 15.7. The van der Waals surface area contributed by atoms with Gasteiger partial charge in [-0.25, -0.2) is 0 Å². The number of benzene rings is 1. The van der Waals surface area contributed by atoms with E-state index < -0.39 is 4.92 Å². The lowest BCUT2D eigenvalue weighted by Gasteiger charge is -2.24. The number of hydrogen-bond acceptors (Lipinski definition) is 4. The van der Waals surface area contributed by atoms with Crippen molar-refractivity contribution in [1.29, 1.82) is 0 Å². The summed E-state index contributed by atoms with van der Waals surface area (Å²) in [7, 11) is 0. The van der Waals surface area contributed by atoms with E-state index in [1.54, 1.807) is 4.90 Å². The molecule has 1 aliphatic carbocycles. The smallest absolute Gasteiger partial charge is 0.294 e. The second-order valence-electron chi connectivity index (χ2n) is 5.73. The Hall–Kier alpha value is -1.82. The Balaban J connectivity index is 2.35. The van der Waals surface area contributed by atoms with Crippen molar-refractivity contribution in [2.24, 2.45) is 5.92 Å². The zero-order valence-electron chi connectivity index (χ0n) is 12.0. The molecule has 1 amide bonds. The van der Waals surface area contributed by atoms with Crippen LogP contribution < -0.4 is 5.73 Å². The van der Waals surface area contributed by atoms with Gasteiger partial charge in [0.15, 0.2) is 0 Å². The number of nitrogen functional groups attached to an aromatic ring is 1. The number of hydrogen-bond donors (Lipinski definition) is 1. The van der Waals surface area contributed by atoms with Gasteiger partial charge in [0.05, 0.1) is 9.95 Å². The third kappa shape index (κ3) is 3.44. The van der Waals surface area contributed by atoms with E-state index in [-0.39, 0.29) is 33.9 Å². The third-order valence-electron chi connectivity index (χ3n) is 3.36. The van der Waals surface area contributed by atoms with Crippen molar-refractivity contribution in [3.8, 4) is 0 Å². The third-order valence-corrected chi connectivity index (χ3v) is 3.67. The van der Waals surface area contributed by atoms with Crippen molar-refractivity contribution in [2.45, 2.75) is 32.7 Å². The van der Waals surface area contributed by atoms with Crippen molar-refractivity contribution in [1.82, 2.24) is 4.90 Å². The van der Waals surface area contributed by atoms with Crippen LogP contribution in [0.3, 0.4) is 0 Å². The molecule has 1 saturated carbocycles. The highest BCUT2D eigenvalue weighted by Crippen LogP contribution is 2.34. The number of rotatable bonds is 5. The summed E-state index contributed by atoms with van der Waals surface area (Å²) in [6.45, 7) is 4.68. The predicted molar refractivity (Wildman–Crippen MR) is 81.4 cm³/mol. The molecule has 1 aromatic rings. The van der Waals surface area contributed by atoms with Crippen LogP contribution in [0.4, 0.5) is 11.4 Å². The highest BCUT2D eigenvalue weighted by molar-refractivity contribution is 6.34. The van der Waals surface area contributed by atoms with Crippen LogP contribution >= 0.6 is 11.6 Å². The van der Waals surface area contributed by atoms with E-state index in [1.807, 2.05) is 13.8 Å². The number of carbonyl (C=O) groups is 1. The highest BCUT2D eigenvalue weighted by Gasteiger charge is 2.34. The summed E-state index contributed by atoms with van der Waals surface area (Å²) >= 11 is 5.91. The van der Waals surface area contributed by atoms with Crippen molar-refractivity contribution >= 4 is 28.9 Å². The van der Waals surface area contributed by atoms with Gasteiger partial charge in [0.25, 0.3) is 11.6 Å². The Bertz CT molecular complexity index is 585. The molecule has 0 heterocycles. The number of halogens is 1. The zero-order valence-corrected chi connectivity index (χ0v) is 12.8. The monoisotopic (exact) mass is 311 g/mol. The molecule has 0 unspecified atom stereocenters. The summed E-state index contributed by atoms with van der Waals surface area (Å²) in [5.74, 6) is 0.102. The molecule has 0 aromatic heterocycles. The largest absolute Gasteiger partial charge is 0.392 e. The van der Waals surface area contributed by atoms with Crippen LogP contribution in [0.15, 0.2) is 12.1 Å². The van der Waals surface area contributed by atoms with Crippen LogP contribution in [0.5, 0.6) is 0 Å². The van der Waals surface area contributed by atoms with Crippen molar-refractivity contribution in [3.63, 3.8) is 0 Å². The van der Waals surface area contributed by atoms with Crippen LogP contribution in [-0.4, -0.2) is 28.3 Å². The molecule has 0 aliphatic heterocycles. The van der Waals surface area contributed by atoms with Gasteiger partial charge in [-0.1, -0.05) is 25.4 Å². The molecule has 21 heavy (non-hydrogen) atoms. The lowest BCUT2D eigenvalue weighted by Crippen LogP contribution is -2.36. The van der Waals surface area contributed by atoms with Crippen molar-refractivity contribution in [3.05, 3.63) is 32.8 Å². The Labute approximate surface area is 128 Å². The van der Waals surface area contributed by atoms with E-state index in [4.69, 9.17) is 17.3 Å². The van der Waals surface area contributed by atoms with Gasteiger partial charge in [0.2, 0.25) is 0 Å². The van der Waals surface area contributed by atoms with E-state index in [0.29, 0.717) is 12.5 Å².